The lowest BCUT2D eigenvalue weighted by molar-refractivity contribution is -0.135. The van der Waals surface area contributed by atoms with Crippen LogP contribution in [0.4, 0.5) is 4.79 Å². The summed E-state index contributed by atoms with van der Waals surface area (Å²) in [6.07, 6.45) is 5.10. The molecule has 0 aromatic heterocycles. The van der Waals surface area contributed by atoms with E-state index in [4.69, 9.17) is 9.47 Å². The number of benzene rings is 2. The van der Waals surface area contributed by atoms with Crippen LogP contribution < -0.4 is 9.47 Å². The molecule has 0 aliphatic carbocycles. The zero-order valence-electron chi connectivity index (χ0n) is 20.2. The van der Waals surface area contributed by atoms with Gasteiger partial charge < -0.3 is 14.4 Å². The highest BCUT2D eigenvalue weighted by Crippen LogP contribution is 2.37. The number of carbonyl (C=O) groups is 2. The van der Waals surface area contributed by atoms with E-state index in [1.165, 1.54) is 4.90 Å². The number of likely N-dealkylation sites (N-methyl/N-ethyl adjacent to an activating group) is 1. The van der Waals surface area contributed by atoms with E-state index in [9.17, 15) is 9.59 Å². The van der Waals surface area contributed by atoms with Crippen LogP contribution in [0.3, 0.4) is 0 Å². The highest BCUT2D eigenvalue weighted by Gasteiger charge is 2.56. The van der Waals surface area contributed by atoms with Gasteiger partial charge in [-0.2, -0.15) is 0 Å². The SMILES string of the molecule is CCN1C(=O)N(CC=Cc2ccccc2)C(=O)C12CCN(Cc1cc(OC)cc(OC)c1)CC2. The highest BCUT2D eigenvalue weighted by atomic mass is 16.5. The van der Waals surface area contributed by atoms with Crippen molar-refractivity contribution in [3.8, 4) is 11.5 Å². The maximum Gasteiger partial charge on any atom is 0.327 e. The molecule has 2 aliphatic rings. The molecule has 0 unspecified atom stereocenters. The number of methoxy groups -OCH3 is 2. The third kappa shape index (κ3) is 4.66. The Bertz CT molecular complexity index is 1020. The van der Waals surface area contributed by atoms with Gasteiger partial charge in [0.25, 0.3) is 5.91 Å². The van der Waals surface area contributed by atoms with E-state index in [0.29, 0.717) is 19.4 Å². The number of carbonyl (C=O) groups excluding carboxylic acids is 2. The minimum absolute atomic E-state index is 0.0697. The van der Waals surface area contributed by atoms with E-state index in [-0.39, 0.29) is 18.5 Å². The van der Waals surface area contributed by atoms with Gasteiger partial charge in [0.15, 0.2) is 0 Å². The number of imide groups is 1. The Kier molecular flexibility index (Phi) is 7.22. The van der Waals surface area contributed by atoms with Crippen LogP contribution in [0.15, 0.2) is 54.6 Å². The lowest BCUT2D eigenvalue weighted by atomic mass is 9.85. The fraction of sp³-hybridized carbons (Fsp3) is 0.407. The van der Waals surface area contributed by atoms with Gasteiger partial charge in [-0.05, 0) is 43.0 Å². The first-order valence-corrected chi connectivity index (χ1v) is 11.8. The summed E-state index contributed by atoms with van der Waals surface area (Å²) in [6.45, 7) is 4.98. The number of amides is 3. The first kappa shape index (κ1) is 23.8. The zero-order valence-corrected chi connectivity index (χ0v) is 20.2. The number of nitrogens with zero attached hydrogens (tertiary/aromatic N) is 3. The summed E-state index contributed by atoms with van der Waals surface area (Å²) in [5.74, 6) is 1.45. The van der Waals surface area contributed by atoms with Gasteiger partial charge in [0.1, 0.15) is 17.0 Å². The van der Waals surface area contributed by atoms with Gasteiger partial charge in [-0.1, -0.05) is 42.5 Å². The summed E-state index contributed by atoms with van der Waals surface area (Å²) in [7, 11) is 3.29. The molecule has 3 amide bonds. The van der Waals surface area contributed by atoms with Crippen molar-refractivity contribution in [3.05, 3.63) is 65.7 Å². The van der Waals surface area contributed by atoms with Crippen molar-refractivity contribution in [2.24, 2.45) is 0 Å². The monoisotopic (exact) mass is 463 g/mol. The minimum atomic E-state index is -0.741. The molecule has 2 heterocycles. The molecule has 34 heavy (non-hydrogen) atoms. The minimum Gasteiger partial charge on any atom is -0.497 e. The second-order valence-corrected chi connectivity index (χ2v) is 8.78. The summed E-state index contributed by atoms with van der Waals surface area (Å²) < 4.78 is 10.8. The number of piperidine rings is 1. The molecule has 2 fully saturated rings. The van der Waals surface area contributed by atoms with Gasteiger partial charge in [0.2, 0.25) is 0 Å². The lowest BCUT2D eigenvalue weighted by Gasteiger charge is -2.42. The van der Waals surface area contributed by atoms with Crippen LogP contribution in [-0.2, 0) is 11.3 Å². The number of hydrogen-bond donors (Lipinski definition) is 0. The smallest absolute Gasteiger partial charge is 0.327 e. The van der Waals surface area contributed by atoms with Crippen molar-refractivity contribution < 1.29 is 19.1 Å². The molecule has 0 radical (unpaired) electrons. The van der Waals surface area contributed by atoms with Crippen LogP contribution >= 0.6 is 0 Å². The van der Waals surface area contributed by atoms with Gasteiger partial charge in [-0.25, -0.2) is 4.79 Å². The number of likely N-dealkylation sites (tertiary alicyclic amines) is 1. The van der Waals surface area contributed by atoms with Gasteiger partial charge in [0, 0.05) is 38.8 Å². The molecule has 2 aromatic rings. The highest BCUT2D eigenvalue weighted by molar-refractivity contribution is 6.07. The topological polar surface area (TPSA) is 62.3 Å². The molecular weight excluding hydrogens is 430 g/mol. The van der Waals surface area contributed by atoms with Crippen LogP contribution in [0, 0.1) is 0 Å². The largest absolute Gasteiger partial charge is 0.497 e. The van der Waals surface area contributed by atoms with Crippen LogP contribution in [0.5, 0.6) is 11.5 Å². The summed E-state index contributed by atoms with van der Waals surface area (Å²) >= 11 is 0. The number of hydrogen-bond acceptors (Lipinski definition) is 5. The Morgan fingerprint density at radius 1 is 0.971 bits per heavy atom. The molecule has 0 atom stereocenters. The number of ether oxygens (including phenoxy) is 2. The van der Waals surface area contributed by atoms with E-state index in [2.05, 4.69) is 4.90 Å². The first-order valence-electron chi connectivity index (χ1n) is 11.8. The second-order valence-electron chi connectivity index (χ2n) is 8.78. The van der Waals surface area contributed by atoms with Crippen LogP contribution in [0.1, 0.15) is 30.9 Å². The Morgan fingerprint density at radius 3 is 2.21 bits per heavy atom. The van der Waals surface area contributed by atoms with E-state index >= 15 is 0 Å². The maximum absolute atomic E-state index is 13.5. The molecule has 7 heteroatoms. The number of urea groups is 1. The van der Waals surface area contributed by atoms with Crippen LogP contribution in [0.25, 0.3) is 6.08 Å². The summed E-state index contributed by atoms with van der Waals surface area (Å²) in [6, 6.07) is 15.6. The molecule has 1 spiro atoms. The fourth-order valence-corrected chi connectivity index (χ4v) is 5.02. The molecule has 2 aliphatic heterocycles. The first-order chi connectivity index (χ1) is 16.5. The van der Waals surface area contributed by atoms with Crippen molar-refractivity contribution in [3.63, 3.8) is 0 Å². The number of rotatable bonds is 8. The molecule has 4 rings (SSSR count). The average Bonchev–Trinajstić information content (AvgIpc) is 3.06. The quantitative estimate of drug-likeness (QED) is 0.553. The third-order valence-electron chi connectivity index (χ3n) is 6.84. The summed E-state index contributed by atoms with van der Waals surface area (Å²) in [5, 5.41) is 0. The third-order valence-corrected chi connectivity index (χ3v) is 6.84. The summed E-state index contributed by atoms with van der Waals surface area (Å²) in [4.78, 5) is 32.2. The second kappa shape index (κ2) is 10.3. The van der Waals surface area contributed by atoms with E-state index in [1.807, 2.05) is 67.6 Å². The van der Waals surface area contributed by atoms with Gasteiger partial charge in [0.05, 0.1) is 14.2 Å². The van der Waals surface area contributed by atoms with E-state index < -0.39 is 5.54 Å². The molecular formula is C27H33N3O4. The zero-order chi connectivity index (χ0) is 24.1. The standard InChI is InChI=1S/C27H33N3O4/c1-4-30-26(32)29(14-8-11-21-9-6-5-7-10-21)25(31)27(30)12-15-28(16-13-27)20-22-17-23(33-2)19-24(18-22)34-3/h5-11,17-19H,4,12-16,20H2,1-3H3. The van der Waals surface area contributed by atoms with Crippen molar-refractivity contribution in [2.75, 3.05) is 40.4 Å². The van der Waals surface area contributed by atoms with E-state index in [0.717, 1.165) is 42.3 Å². The van der Waals surface area contributed by atoms with Crippen LogP contribution in [-0.4, -0.2) is 72.6 Å². The Balaban J connectivity index is 1.43. The van der Waals surface area contributed by atoms with Gasteiger partial charge in [-0.15, -0.1) is 0 Å². The van der Waals surface area contributed by atoms with Gasteiger partial charge in [-0.3, -0.25) is 14.6 Å². The Hall–Kier alpha value is -3.32. The van der Waals surface area contributed by atoms with Crippen molar-refractivity contribution in [1.29, 1.82) is 0 Å². The Labute approximate surface area is 201 Å². The fourth-order valence-electron chi connectivity index (χ4n) is 5.02. The predicted molar refractivity (Wildman–Crippen MR) is 132 cm³/mol. The maximum atomic E-state index is 13.5. The average molecular weight is 464 g/mol. The van der Waals surface area contributed by atoms with Crippen molar-refractivity contribution >= 4 is 18.0 Å². The van der Waals surface area contributed by atoms with Crippen LogP contribution in [0.2, 0.25) is 0 Å². The Morgan fingerprint density at radius 2 is 1.62 bits per heavy atom. The molecule has 0 saturated carbocycles. The lowest BCUT2D eigenvalue weighted by Crippen LogP contribution is -2.56. The van der Waals surface area contributed by atoms with E-state index in [1.54, 1.807) is 19.1 Å². The molecule has 0 N–H and O–H groups in total. The predicted octanol–water partition coefficient (Wildman–Crippen LogP) is 4.04. The van der Waals surface area contributed by atoms with Crippen molar-refractivity contribution in [1.82, 2.24) is 14.7 Å². The molecule has 7 nitrogen and oxygen atoms in total. The molecule has 180 valence electrons. The molecule has 2 aromatic carbocycles. The molecule has 2 saturated heterocycles. The summed E-state index contributed by atoms with van der Waals surface area (Å²) in [5.41, 5.74) is 1.40. The molecule has 0 bridgehead atoms. The van der Waals surface area contributed by atoms with Crippen molar-refractivity contribution in [2.45, 2.75) is 31.8 Å². The van der Waals surface area contributed by atoms with Gasteiger partial charge >= 0.3 is 6.03 Å². The normalized spacial score (nSPS) is 18.3.